The number of anilines is 1. The van der Waals surface area contributed by atoms with E-state index in [1.807, 2.05) is 41.3 Å². The normalized spacial score (nSPS) is 15.8. The molecule has 7 heteroatoms. The van der Waals surface area contributed by atoms with Crippen LogP contribution in [0.5, 0.6) is 0 Å². The smallest absolute Gasteiger partial charge is 0.294 e. The van der Waals surface area contributed by atoms with Gasteiger partial charge in [0.05, 0.1) is 23.5 Å². The lowest BCUT2D eigenvalue weighted by molar-refractivity contribution is -0.125. The predicted molar refractivity (Wildman–Crippen MR) is 137 cm³/mol. The molecule has 35 heavy (non-hydrogen) atoms. The van der Waals surface area contributed by atoms with E-state index in [4.69, 9.17) is 4.98 Å². The van der Waals surface area contributed by atoms with Gasteiger partial charge in [-0.15, -0.1) is 0 Å². The zero-order valence-corrected chi connectivity index (χ0v) is 19.9. The maximum Gasteiger partial charge on any atom is 0.294 e. The Balaban J connectivity index is 1.40. The molecule has 1 atom stereocenters. The van der Waals surface area contributed by atoms with Gasteiger partial charge in [-0.1, -0.05) is 48.0 Å². The molecular formula is C28H29N5O2. The zero-order chi connectivity index (χ0) is 24.2. The first-order valence-corrected chi connectivity index (χ1v) is 12.0. The van der Waals surface area contributed by atoms with Crippen molar-refractivity contribution in [2.75, 3.05) is 18.0 Å². The summed E-state index contributed by atoms with van der Waals surface area (Å²) in [5, 5.41) is 3.02. The first-order chi connectivity index (χ1) is 17.1. The number of rotatable bonds is 6. The molecule has 1 fully saturated rings. The Morgan fingerprint density at radius 3 is 2.69 bits per heavy atom. The first kappa shape index (κ1) is 22.8. The van der Waals surface area contributed by atoms with Gasteiger partial charge in [0.25, 0.3) is 5.56 Å². The third-order valence-corrected chi connectivity index (χ3v) is 6.58. The molecule has 4 aromatic rings. The number of fused-ring (bicyclic) bond motifs is 1. The van der Waals surface area contributed by atoms with Crippen LogP contribution in [0.15, 0.2) is 77.9 Å². The summed E-state index contributed by atoms with van der Waals surface area (Å²) in [6.45, 7) is 4.15. The number of aromatic nitrogens is 3. The average molecular weight is 468 g/mol. The molecule has 1 saturated heterocycles. The van der Waals surface area contributed by atoms with Crippen LogP contribution in [0, 0.1) is 12.8 Å². The fourth-order valence-corrected chi connectivity index (χ4v) is 4.64. The van der Waals surface area contributed by atoms with Crippen LogP contribution in [0.2, 0.25) is 0 Å². The molecule has 0 aliphatic carbocycles. The second-order valence-corrected chi connectivity index (χ2v) is 9.17. The number of pyridine rings is 1. The summed E-state index contributed by atoms with van der Waals surface area (Å²) in [5.41, 5.74) is 4.67. The standard InChI is InChI=1S/C28H29N5O2/c1-20-10-12-21(13-11-20)18-33-25-9-3-2-8-24(25)31-26(28(33)35)32-15-5-7-23(19-32)27(34)30-17-22-6-4-14-29-16-22/h2-4,6,8-14,16,23H,5,7,15,17-19H2,1H3,(H,30,34)/t23-/m0/s1. The Hall–Kier alpha value is -4.00. The van der Waals surface area contributed by atoms with Crippen molar-refractivity contribution in [3.05, 3.63) is 100 Å². The van der Waals surface area contributed by atoms with Crippen molar-refractivity contribution in [2.45, 2.75) is 32.9 Å². The summed E-state index contributed by atoms with van der Waals surface area (Å²) in [5.74, 6) is 0.221. The van der Waals surface area contributed by atoms with Gasteiger partial charge >= 0.3 is 0 Å². The summed E-state index contributed by atoms with van der Waals surface area (Å²) < 4.78 is 1.80. The van der Waals surface area contributed by atoms with E-state index in [9.17, 15) is 9.59 Å². The number of hydrogen-bond acceptors (Lipinski definition) is 5. The largest absolute Gasteiger partial charge is 0.352 e. The summed E-state index contributed by atoms with van der Waals surface area (Å²) in [7, 11) is 0. The van der Waals surface area contributed by atoms with E-state index in [2.05, 4.69) is 41.5 Å². The van der Waals surface area contributed by atoms with Crippen LogP contribution in [0.25, 0.3) is 11.0 Å². The number of nitrogens with one attached hydrogen (secondary N) is 1. The molecule has 0 radical (unpaired) electrons. The van der Waals surface area contributed by atoms with E-state index < -0.39 is 0 Å². The van der Waals surface area contributed by atoms with E-state index in [0.29, 0.717) is 32.0 Å². The average Bonchev–Trinajstić information content (AvgIpc) is 2.90. The molecule has 7 nitrogen and oxygen atoms in total. The SMILES string of the molecule is Cc1ccc(Cn2c(=O)c(N3CCC[C@H](C(=O)NCc4cccnc4)C3)nc3ccccc32)cc1. The van der Waals surface area contributed by atoms with Crippen molar-refractivity contribution < 1.29 is 4.79 Å². The second-order valence-electron chi connectivity index (χ2n) is 9.17. The van der Waals surface area contributed by atoms with Crippen LogP contribution in [-0.2, 0) is 17.9 Å². The molecule has 0 bridgehead atoms. The molecule has 1 amide bonds. The van der Waals surface area contributed by atoms with Crippen molar-refractivity contribution in [3.8, 4) is 0 Å². The quantitative estimate of drug-likeness (QED) is 0.468. The monoisotopic (exact) mass is 467 g/mol. The molecule has 0 spiro atoms. The predicted octanol–water partition coefficient (Wildman–Crippen LogP) is 3.68. The van der Waals surface area contributed by atoms with Gasteiger partial charge in [-0.3, -0.25) is 19.1 Å². The van der Waals surface area contributed by atoms with Gasteiger partial charge in [-0.2, -0.15) is 0 Å². The number of carbonyl (C=O) groups excluding carboxylic acids is 1. The molecule has 0 unspecified atom stereocenters. The highest BCUT2D eigenvalue weighted by Crippen LogP contribution is 2.22. The van der Waals surface area contributed by atoms with Gasteiger partial charge in [0.1, 0.15) is 0 Å². The minimum Gasteiger partial charge on any atom is -0.352 e. The van der Waals surface area contributed by atoms with Crippen molar-refractivity contribution in [3.63, 3.8) is 0 Å². The molecule has 3 heterocycles. The number of benzene rings is 2. The van der Waals surface area contributed by atoms with Crippen LogP contribution >= 0.6 is 0 Å². The molecule has 5 rings (SSSR count). The van der Waals surface area contributed by atoms with Gasteiger partial charge < -0.3 is 10.2 Å². The number of para-hydroxylation sites is 2. The molecule has 1 aliphatic rings. The summed E-state index contributed by atoms with van der Waals surface area (Å²) in [6, 6.07) is 19.8. The van der Waals surface area contributed by atoms with Gasteiger partial charge in [0, 0.05) is 32.0 Å². The first-order valence-electron chi connectivity index (χ1n) is 12.0. The Labute approximate surface area is 204 Å². The molecular weight excluding hydrogens is 438 g/mol. The maximum absolute atomic E-state index is 13.7. The number of aryl methyl sites for hydroxylation is 1. The Bertz CT molecular complexity index is 1380. The number of hydrogen-bond donors (Lipinski definition) is 1. The van der Waals surface area contributed by atoms with Crippen LogP contribution < -0.4 is 15.8 Å². The third kappa shape index (κ3) is 5.09. The summed E-state index contributed by atoms with van der Waals surface area (Å²) in [6.07, 6.45) is 5.09. The van der Waals surface area contributed by atoms with Gasteiger partial charge in [0.2, 0.25) is 5.91 Å². The van der Waals surface area contributed by atoms with Gasteiger partial charge in [-0.05, 0) is 49.1 Å². The highest BCUT2D eigenvalue weighted by molar-refractivity contribution is 5.80. The number of nitrogens with zero attached hydrogens (tertiary/aromatic N) is 4. The van der Waals surface area contributed by atoms with Crippen molar-refractivity contribution >= 4 is 22.8 Å². The fourth-order valence-electron chi connectivity index (χ4n) is 4.64. The highest BCUT2D eigenvalue weighted by atomic mass is 16.2. The Morgan fingerprint density at radius 2 is 1.89 bits per heavy atom. The number of piperidine rings is 1. The van der Waals surface area contributed by atoms with Crippen molar-refractivity contribution in [2.24, 2.45) is 5.92 Å². The molecule has 0 saturated carbocycles. The minimum absolute atomic E-state index is 0.000627. The highest BCUT2D eigenvalue weighted by Gasteiger charge is 2.28. The Kier molecular flexibility index (Phi) is 6.57. The van der Waals surface area contributed by atoms with Gasteiger partial charge in [0.15, 0.2) is 5.82 Å². The maximum atomic E-state index is 13.7. The summed E-state index contributed by atoms with van der Waals surface area (Å²) >= 11 is 0. The lowest BCUT2D eigenvalue weighted by atomic mass is 9.97. The van der Waals surface area contributed by atoms with E-state index >= 15 is 0 Å². The van der Waals surface area contributed by atoms with E-state index in [1.165, 1.54) is 5.56 Å². The van der Waals surface area contributed by atoms with Crippen molar-refractivity contribution in [1.29, 1.82) is 0 Å². The lowest BCUT2D eigenvalue weighted by Crippen LogP contribution is -2.45. The molecule has 1 aliphatic heterocycles. The zero-order valence-electron chi connectivity index (χ0n) is 19.9. The topological polar surface area (TPSA) is 80.1 Å². The fraction of sp³-hybridized carbons (Fsp3) is 0.286. The van der Waals surface area contributed by atoms with E-state index in [1.54, 1.807) is 17.0 Å². The molecule has 1 N–H and O–H groups in total. The number of carbonyl (C=O) groups is 1. The van der Waals surface area contributed by atoms with E-state index in [-0.39, 0.29) is 17.4 Å². The molecule has 2 aromatic heterocycles. The van der Waals surface area contributed by atoms with Crippen LogP contribution in [0.3, 0.4) is 0 Å². The van der Waals surface area contributed by atoms with Crippen molar-refractivity contribution in [1.82, 2.24) is 19.9 Å². The lowest BCUT2D eigenvalue weighted by Gasteiger charge is -2.32. The minimum atomic E-state index is -0.196. The van der Waals surface area contributed by atoms with Crippen LogP contribution in [0.4, 0.5) is 5.82 Å². The molecule has 2 aromatic carbocycles. The molecule has 178 valence electrons. The van der Waals surface area contributed by atoms with Gasteiger partial charge in [-0.25, -0.2) is 4.98 Å². The van der Waals surface area contributed by atoms with Crippen LogP contribution in [-0.4, -0.2) is 33.5 Å². The summed E-state index contributed by atoms with van der Waals surface area (Å²) in [4.78, 5) is 37.4. The second kappa shape index (κ2) is 10.1. The van der Waals surface area contributed by atoms with E-state index in [0.717, 1.165) is 35.0 Å². The third-order valence-electron chi connectivity index (χ3n) is 6.58. The van der Waals surface area contributed by atoms with Crippen LogP contribution in [0.1, 0.15) is 29.5 Å². The number of amides is 1. The Morgan fingerprint density at radius 1 is 1.06 bits per heavy atom.